The Labute approximate surface area is 242 Å². The molecule has 0 bridgehead atoms. The van der Waals surface area contributed by atoms with Gasteiger partial charge in [-0.05, 0) is 48.9 Å². The van der Waals surface area contributed by atoms with Gasteiger partial charge in [0.25, 0.3) is 5.91 Å². The summed E-state index contributed by atoms with van der Waals surface area (Å²) in [4.78, 5) is 50.0. The average molecular weight is 590 g/mol. The molecule has 2 aromatic heterocycles. The normalized spacial score (nSPS) is 18.2. The van der Waals surface area contributed by atoms with Gasteiger partial charge >= 0.3 is 0 Å². The van der Waals surface area contributed by atoms with Crippen LogP contribution in [0.25, 0.3) is 10.9 Å². The van der Waals surface area contributed by atoms with Gasteiger partial charge in [0.2, 0.25) is 11.8 Å². The van der Waals surface area contributed by atoms with E-state index in [0.29, 0.717) is 11.3 Å². The number of pyridine rings is 1. The van der Waals surface area contributed by atoms with Crippen molar-refractivity contribution in [3.63, 3.8) is 0 Å². The highest BCUT2D eigenvalue weighted by molar-refractivity contribution is 7.99. The van der Waals surface area contributed by atoms with Crippen molar-refractivity contribution in [2.45, 2.75) is 34.0 Å². The molecule has 210 valence electrons. The first kappa shape index (κ1) is 27.0. The zero-order valence-corrected chi connectivity index (χ0v) is 23.7. The van der Waals surface area contributed by atoms with E-state index in [1.807, 2.05) is 42.5 Å². The Hall–Kier alpha value is -4.16. The van der Waals surface area contributed by atoms with Gasteiger partial charge in [-0.1, -0.05) is 23.9 Å². The maximum atomic E-state index is 13.2. The van der Waals surface area contributed by atoms with Gasteiger partial charge in [-0.2, -0.15) is 0 Å². The Morgan fingerprint density at radius 2 is 1.93 bits per heavy atom. The summed E-state index contributed by atoms with van der Waals surface area (Å²) in [6, 6.07) is 15.8. The van der Waals surface area contributed by atoms with E-state index < -0.39 is 28.7 Å². The Bertz CT molecular complexity index is 1660. The molecule has 6 rings (SSSR count). The van der Waals surface area contributed by atoms with E-state index >= 15 is 0 Å². The summed E-state index contributed by atoms with van der Waals surface area (Å²) in [7, 11) is -1.22. The number of carbonyl (C=O) groups excluding carboxylic acids is 3. The predicted molar refractivity (Wildman–Crippen MR) is 155 cm³/mol. The number of fused-ring (bicyclic) bond motifs is 3. The van der Waals surface area contributed by atoms with Crippen molar-refractivity contribution >= 4 is 51.2 Å². The number of H-pyrrole nitrogens is 1. The van der Waals surface area contributed by atoms with E-state index in [4.69, 9.17) is 4.74 Å². The van der Waals surface area contributed by atoms with Gasteiger partial charge in [-0.15, -0.1) is 0 Å². The second-order valence-electron chi connectivity index (χ2n) is 9.89. The fourth-order valence-corrected chi connectivity index (χ4v) is 6.77. The molecule has 12 heteroatoms. The number of aromatic amines is 1. The van der Waals surface area contributed by atoms with E-state index in [-0.39, 0.29) is 37.2 Å². The molecule has 0 spiro atoms. The van der Waals surface area contributed by atoms with Crippen LogP contribution < -0.4 is 15.4 Å². The van der Waals surface area contributed by atoms with Gasteiger partial charge in [0.1, 0.15) is 17.5 Å². The topological polar surface area (TPSA) is 133 Å². The maximum absolute atomic E-state index is 13.2. The van der Waals surface area contributed by atoms with E-state index in [1.54, 1.807) is 42.5 Å². The minimum absolute atomic E-state index is 0.178. The lowest BCUT2D eigenvalue weighted by molar-refractivity contribution is -0.137. The zero-order valence-electron chi connectivity index (χ0n) is 22.1. The van der Waals surface area contributed by atoms with Crippen LogP contribution in [0.3, 0.4) is 0 Å². The van der Waals surface area contributed by atoms with Gasteiger partial charge in [0.05, 0.1) is 28.1 Å². The lowest BCUT2D eigenvalue weighted by Gasteiger charge is -2.24. The largest absolute Gasteiger partial charge is 0.455 e. The van der Waals surface area contributed by atoms with Crippen molar-refractivity contribution in [1.82, 2.24) is 25.5 Å². The summed E-state index contributed by atoms with van der Waals surface area (Å²) in [6.45, 7) is 0.124. The van der Waals surface area contributed by atoms with Crippen LogP contribution in [-0.4, -0.2) is 67.4 Å². The third kappa shape index (κ3) is 5.70. The zero-order chi connectivity index (χ0) is 28.5. The van der Waals surface area contributed by atoms with Crippen LogP contribution in [0.4, 0.5) is 0 Å². The molecule has 3 atom stereocenters. The molecule has 3 amide bonds. The second-order valence-corrected chi connectivity index (χ2v) is 12.6. The number of likely N-dealkylation sites (tertiary alicyclic amines) is 1. The third-order valence-electron chi connectivity index (χ3n) is 7.18. The SMILES string of the molecule is CS(=O)[C@@H]1C[C@@H](C(=O)NCc2cc3cnccc3[nH]2)N(C(=O)CNC(=O)c2ccc3c(c2)Oc2ccccc2S3)C1. The van der Waals surface area contributed by atoms with Crippen LogP contribution in [0.2, 0.25) is 0 Å². The molecule has 41 heavy (non-hydrogen) atoms. The van der Waals surface area contributed by atoms with Gasteiger partial charge < -0.3 is 25.3 Å². The first-order chi connectivity index (χ1) is 19.9. The lowest BCUT2D eigenvalue weighted by Crippen LogP contribution is -2.49. The standard InChI is InChI=1S/C29H27N5O5S2/c1-41(38)20-12-22(29(37)31-14-19-10-18-13-30-9-8-21(18)33-19)34(16-20)27(35)15-32-28(36)17-6-7-26-24(11-17)39-23-4-2-3-5-25(23)40-26/h2-11,13,20,22,33H,12,14-16H2,1H3,(H,31,37)(H,32,36)/t20-,22+,41?/m1/s1. The van der Waals surface area contributed by atoms with E-state index in [2.05, 4.69) is 20.6 Å². The van der Waals surface area contributed by atoms with Crippen LogP contribution >= 0.6 is 11.8 Å². The van der Waals surface area contributed by atoms with Crippen molar-refractivity contribution in [1.29, 1.82) is 0 Å². The molecule has 2 aliphatic heterocycles. The molecule has 4 heterocycles. The van der Waals surface area contributed by atoms with Crippen molar-refractivity contribution in [3.8, 4) is 11.5 Å². The number of nitrogens with zero attached hydrogens (tertiary/aromatic N) is 2. The highest BCUT2D eigenvalue weighted by atomic mass is 32.2. The van der Waals surface area contributed by atoms with Crippen LogP contribution in [-0.2, 0) is 26.9 Å². The molecular weight excluding hydrogens is 562 g/mol. The molecule has 10 nitrogen and oxygen atoms in total. The third-order valence-corrected chi connectivity index (χ3v) is 9.57. The fraction of sp³-hybridized carbons (Fsp3) is 0.241. The van der Waals surface area contributed by atoms with E-state index in [0.717, 1.165) is 32.1 Å². The molecule has 1 fully saturated rings. The number of para-hydroxylation sites is 1. The minimum atomic E-state index is -1.22. The number of rotatable bonds is 7. The average Bonchev–Trinajstić information content (AvgIpc) is 3.62. The summed E-state index contributed by atoms with van der Waals surface area (Å²) < 4.78 is 18.2. The van der Waals surface area contributed by atoms with Crippen molar-refractivity contribution < 1.29 is 23.3 Å². The van der Waals surface area contributed by atoms with Crippen LogP contribution in [0.5, 0.6) is 11.5 Å². The number of amides is 3. The summed E-state index contributed by atoms with van der Waals surface area (Å²) in [5, 5.41) is 6.15. The Balaban J connectivity index is 1.09. The number of hydrogen-bond acceptors (Lipinski definition) is 7. The number of nitrogens with one attached hydrogen (secondary N) is 3. The van der Waals surface area contributed by atoms with Crippen LogP contribution in [0.1, 0.15) is 22.5 Å². The molecule has 2 aliphatic rings. The van der Waals surface area contributed by atoms with Gasteiger partial charge in [0, 0.05) is 58.2 Å². The number of ether oxygens (including phenoxy) is 1. The van der Waals surface area contributed by atoms with E-state index in [9.17, 15) is 18.6 Å². The molecule has 3 N–H and O–H groups in total. The molecule has 4 aromatic rings. The summed E-state index contributed by atoms with van der Waals surface area (Å²) in [5.41, 5.74) is 2.07. The molecule has 1 unspecified atom stereocenters. The monoisotopic (exact) mass is 589 g/mol. The molecule has 2 aromatic carbocycles. The van der Waals surface area contributed by atoms with Crippen LogP contribution in [0, 0.1) is 0 Å². The van der Waals surface area contributed by atoms with E-state index in [1.165, 1.54) is 4.90 Å². The summed E-state index contributed by atoms with van der Waals surface area (Å²) >= 11 is 1.56. The first-order valence-electron chi connectivity index (χ1n) is 13.0. The Kier molecular flexibility index (Phi) is 7.50. The number of hydrogen-bond donors (Lipinski definition) is 3. The molecule has 0 aliphatic carbocycles. The Morgan fingerprint density at radius 3 is 2.76 bits per heavy atom. The summed E-state index contributed by atoms with van der Waals surface area (Å²) in [5.74, 6) is 0.113. The maximum Gasteiger partial charge on any atom is 0.251 e. The highest BCUT2D eigenvalue weighted by Gasteiger charge is 2.41. The van der Waals surface area contributed by atoms with Gasteiger partial charge in [0.15, 0.2) is 0 Å². The fourth-order valence-electron chi connectivity index (χ4n) is 5.02. The smallest absolute Gasteiger partial charge is 0.251 e. The van der Waals surface area contributed by atoms with Crippen LogP contribution in [0.15, 0.2) is 76.8 Å². The molecule has 1 saturated heterocycles. The summed E-state index contributed by atoms with van der Waals surface area (Å²) in [6.07, 6.45) is 5.28. The quantitative estimate of drug-likeness (QED) is 0.266. The van der Waals surface area contributed by atoms with Crippen molar-refractivity contribution in [2.24, 2.45) is 0 Å². The Morgan fingerprint density at radius 1 is 1.10 bits per heavy atom. The van der Waals surface area contributed by atoms with Crippen molar-refractivity contribution in [3.05, 3.63) is 78.2 Å². The molecular formula is C29H27N5O5S2. The highest BCUT2D eigenvalue weighted by Crippen LogP contribution is 2.46. The molecule has 0 saturated carbocycles. The second kappa shape index (κ2) is 11.4. The number of aromatic nitrogens is 2. The van der Waals surface area contributed by atoms with Gasteiger partial charge in [-0.3, -0.25) is 23.6 Å². The molecule has 0 radical (unpaired) electrons. The number of benzene rings is 2. The number of carbonyl (C=O) groups is 3. The first-order valence-corrected chi connectivity index (χ1v) is 15.5. The lowest BCUT2D eigenvalue weighted by atomic mass is 10.2. The predicted octanol–water partition coefficient (Wildman–Crippen LogP) is 3.21. The van der Waals surface area contributed by atoms with Gasteiger partial charge in [-0.25, -0.2) is 0 Å². The van der Waals surface area contributed by atoms with Crippen molar-refractivity contribution in [2.75, 3.05) is 19.3 Å². The minimum Gasteiger partial charge on any atom is -0.455 e.